The number of aromatic amines is 1. The van der Waals surface area contributed by atoms with Gasteiger partial charge < -0.3 is 10.6 Å². The number of nitrogens with two attached hydrogens (primary N) is 1. The first kappa shape index (κ1) is 20.6. The summed E-state index contributed by atoms with van der Waals surface area (Å²) in [5.74, 6) is 0.998. The molecule has 3 aromatic rings. The first-order valence-electron chi connectivity index (χ1n) is 10.1. The third-order valence-corrected chi connectivity index (χ3v) is 5.62. The van der Waals surface area contributed by atoms with E-state index in [0.717, 1.165) is 25.0 Å². The van der Waals surface area contributed by atoms with Gasteiger partial charge in [0.05, 0.1) is 17.0 Å². The summed E-state index contributed by atoms with van der Waals surface area (Å²) in [4.78, 5) is 10.7. The Kier molecular flexibility index (Phi) is 5.40. The van der Waals surface area contributed by atoms with Gasteiger partial charge in [-0.15, -0.1) is 0 Å². The summed E-state index contributed by atoms with van der Waals surface area (Å²) in [6.07, 6.45) is -1.24. The van der Waals surface area contributed by atoms with Crippen LogP contribution in [0.3, 0.4) is 0 Å². The molecule has 0 spiro atoms. The Labute approximate surface area is 172 Å². The lowest BCUT2D eigenvalue weighted by molar-refractivity contribution is -0.137. The van der Waals surface area contributed by atoms with Crippen molar-refractivity contribution in [3.05, 3.63) is 36.0 Å². The number of piperidine rings is 1. The highest BCUT2D eigenvalue weighted by Gasteiger charge is 2.34. The molecule has 1 saturated heterocycles. The summed E-state index contributed by atoms with van der Waals surface area (Å²) in [7, 11) is 0. The normalized spacial score (nSPS) is 20.3. The van der Waals surface area contributed by atoms with Crippen LogP contribution in [0, 0.1) is 11.8 Å². The lowest BCUT2D eigenvalue weighted by atomic mass is 9.86. The zero-order chi connectivity index (χ0) is 21.5. The zero-order valence-corrected chi connectivity index (χ0v) is 16.9. The van der Waals surface area contributed by atoms with E-state index in [0.29, 0.717) is 41.6 Å². The Morgan fingerprint density at radius 3 is 2.83 bits per heavy atom. The van der Waals surface area contributed by atoms with Crippen LogP contribution in [0.15, 0.2) is 30.5 Å². The maximum Gasteiger partial charge on any atom is 0.416 e. The molecule has 3 N–H and O–H groups in total. The van der Waals surface area contributed by atoms with E-state index in [1.807, 2.05) is 4.90 Å². The molecule has 0 amide bonds. The van der Waals surface area contributed by atoms with Crippen LogP contribution in [0.5, 0.6) is 0 Å². The molecular weight excluding hydrogens is 393 g/mol. The molecule has 3 aromatic heterocycles. The maximum atomic E-state index is 13.7. The van der Waals surface area contributed by atoms with Gasteiger partial charge in [-0.25, -0.2) is 9.97 Å². The number of nitrogens with zero attached hydrogens (tertiary/aromatic N) is 4. The van der Waals surface area contributed by atoms with E-state index in [9.17, 15) is 13.2 Å². The molecule has 6 nitrogen and oxygen atoms in total. The molecule has 2 atom stereocenters. The summed E-state index contributed by atoms with van der Waals surface area (Å²) in [6.45, 7) is 5.43. The Balaban J connectivity index is 1.76. The Morgan fingerprint density at radius 1 is 1.30 bits per heavy atom. The van der Waals surface area contributed by atoms with Gasteiger partial charge >= 0.3 is 6.18 Å². The number of pyridine rings is 2. The number of H-pyrrole nitrogens is 1. The zero-order valence-electron chi connectivity index (χ0n) is 16.9. The predicted molar refractivity (Wildman–Crippen MR) is 110 cm³/mol. The second kappa shape index (κ2) is 7.86. The monoisotopic (exact) mass is 418 g/mol. The van der Waals surface area contributed by atoms with Crippen molar-refractivity contribution in [3.63, 3.8) is 0 Å². The van der Waals surface area contributed by atoms with Gasteiger partial charge in [-0.3, -0.25) is 5.10 Å². The molecule has 0 bridgehead atoms. The Morgan fingerprint density at radius 2 is 2.10 bits per heavy atom. The fourth-order valence-corrected chi connectivity index (χ4v) is 4.13. The van der Waals surface area contributed by atoms with E-state index in [1.165, 1.54) is 0 Å². The van der Waals surface area contributed by atoms with Gasteiger partial charge in [0.25, 0.3) is 0 Å². The first-order chi connectivity index (χ1) is 14.2. The van der Waals surface area contributed by atoms with E-state index in [1.54, 1.807) is 18.3 Å². The number of hydrogen-bond donors (Lipinski definition) is 2. The van der Waals surface area contributed by atoms with Crippen molar-refractivity contribution in [2.75, 3.05) is 18.0 Å². The second-order valence-electron chi connectivity index (χ2n) is 8.36. The summed E-state index contributed by atoms with van der Waals surface area (Å²) >= 11 is 0. The summed E-state index contributed by atoms with van der Waals surface area (Å²) < 4.78 is 41.0. The van der Waals surface area contributed by atoms with Crippen LogP contribution in [0.25, 0.3) is 22.4 Å². The highest BCUT2D eigenvalue weighted by molar-refractivity contribution is 5.89. The van der Waals surface area contributed by atoms with Gasteiger partial charge in [0.15, 0.2) is 5.65 Å². The SMILES string of the molecule is CC(C)CC1CN(c2cc(C(F)(F)F)cc(-c3[nH]nc4ncccc34)n2)CCC1N. The van der Waals surface area contributed by atoms with E-state index in [-0.39, 0.29) is 17.7 Å². The van der Waals surface area contributed by atoms with Crippen molar-refractivity contribution in [3.8, 4) is 11.4 Å². The third-order valence-electron chi connectivity index (χ3n) is 5.62. The van der Waals surface area contributed by atoms with E-state index in [4.69, 9.17) is 5.73 Å². The number of alkyl halides is 3. The van der Waals surface area contributed by atoms with Crippen molar-refractivity contribution in [2.45, 2.75) is 38.9 Å². The van der Waals surface area contributed by atoms with Gasteiger partial charge in [-0.05, 0) is 48.9 Å². The smallest absolute Gasteiger partial charge is 0.356 e. The van der Waals surface area contributed by atoms with E-state index >= 15 is 0 Å². The lowest BCUT2D eigenvalue weighted by Crippen LogP contribution is -2.48. The summed E-state index contributed by atoms with van der Waals surface area (Å²) in [5, 5.41) is 7.53. The van der Waals surface area contributed by atoms with Crippen LogP contribution >= 0.6 is 0 Å². The minimum absolute atomic E-state index is 0.0524. The topological polar surface area (TPSA) is 83.7 Å². The van der Waals surface area contributed by atoms with Crippen molar-refractivity contribution in [1.29, 1.82) is 0 Å². The summed E-state index contributed by atoms with van der Waals surface area (Å²) in [5.41, 5.74) is 6.62. The fraction of sp³-hybridized carbons (Fsp3) is 0.476. The van der Waals surface area contributed by atoms with Gasteiger partial charge in [-0.2, -0.15) is 18.3 Å². The molecule has 4 rings (SSSR count). The average molecular weight is 418 g/mol. The van der Waals surface area contributed by atoms with Crippen LogP contribution in [0.4, 0.5) is 19.0 Å². The molecular formula is C21H25F3N6. The summed E-state index contributed by atoms with van der Waals surface area (Å²) in [6, 6.07) is 5.73. The highest BCUT2D eigenvalue weighted by Crippen LogP contribution is 2.36. The molecule has 0 aliphatic carbocycles. The number of hydrogen-bond acceptors (Lipinski definition) is 5. The highest BCUT2D eigenvalue weighted by atomic mass is 19.4. The standard InChI is InChI=1S/C21H25F3N6/c1-12(2)8-13-11-30(7-5-16(13)25)18-10-14(21(22,23)24)9-17(27-18)19-15-4-3-6-26-20(15)29-28-19/h3-4,6,9-10,12-13,16H,5,7-8,11,25H2,1-2H3,(H,26,28,29). The molecule has 30 heavy (non-hydrogen) atoms. The molecule has 4 heterocycles. The number of anilines is 1. The largest absolute Gasteiger partial charge is 0.416 e. The van der Waals surface area contributed by atoms with Crippen molar-refractivity contribution < 1.29 is 13.2 Å². The minimum Gasteiger partial charge on any atom is -0.356 e. The van der Waals surface area contributed by atoms with Crippen LogP contribution in [-0.4, -0.2) is 39.3 Å². The Bertz CT molecular complexity index is 1030. The van der Waals surface area contributed by atoms with E-state index < -0.39 is 11.7 Å². The third kappa shape index (κ3) is 4.12. The second-order valence-corrected chi connectivity index (χ2v) is 8.36. The quantitative estimate of drug-likeness (QED) is 0.662. The van der Waals surface area contributed by atoms with Crippen LogP contribution in [0.1, 0.15) is 32.3 Å². The van der Waals surface area contributed by atoms with E-state index in [2.05, 4.69) is 34.0 Å². The van der Waals surface area contributed by atoms with Crippen LogP contribution < -0.4 is 10.6 Å². The Hall–Kier alpha value is -2.68. The number of aromatic nitrogens is 4. The molecule has 1 fully saturated rings. The van der Waals surface area contributed by atoms with Gasteiger partial charge in [-0.1, -0.05) is 13.8 Å². The lowest BCUT2D eigenvalue weighted by Gasteiger charge is -2.38. The molecule has 1 aliphatic heterocycles. The number of nitrogens with one attached hydrogen (secondary N) is 1. The molecule has 9 heteroatoms. The van der Waals surface area contributed by atoms with Crippen molar-refractivity contribution >= 4 is 16.9 Å². The number of fused-ring (bicyclic) bond motifs is 1. The van der Waals surface area contributed by atoms with Gasteiger partial charge in [0.1, 0.15) is 5.82 Å². The van der Waals surface area contributed by atoms with Crippen LogP contribution in [0.2, 0.25) is 0 Å². The predicted octanol–water partition coefficient (Wildman–Crippen LogP) is 4.24. The van der Waals surface area contributed by atoms with Crippen molar-refractivity contribution in [1.82, 2.24) is 20.2 Å². The first-order valence-corrected chi connectivity index (χ1v) is 10.1. The number of halogens is 3. The number of rotatable bonds is 4. The molecule has 2 unspecified atom stereocenters. The van der Waals surface area contributed by atoms with Crippen LogP contribution in [-0.2, 0) is 6.18 Å². The minimum atomic E-state index is -4.48. The maximum absolute atomic E-state index is 13.7. The van der Waals surface area contributed by atoms with Crippen molar-refractivity contribution in [2.24, 2.45) is 17.6 Å². The molecule has 160 valence electrons. The fourth-order valence-electron chi connectivity index (χ4n) is 4.13. The van der Waals surface area contributed by atoms with Gasteiger partial charge in [0.2, 0.25) is 0 Å². The average Bonchev–Trinajstić information content (AvgIpc) is 3.12. The molecule has 0 saturated carbocycles. The molecule has 0 aromatic carbocycles. The molecule has 0 radical (unpaired) electrons. The molecule has 1 aliphatic rings. The van der Waals surface area contributed by atoms with Gasteiger partial charge in [0, 0.05) is 30.7 Å².